The molecule has 0 saturated heterocycles. The number of hydrogen-bond donors (Lipinski definition) is 4. The molecule has 0 rings (SSSR count). The number of aliphatic hydroxyl groups excluding tert-OH is 2. The molecule has 206 valence electrons. The monoisotopic (exact) mass is 502 g/mol. The summed E-state index contributed by atoms with van der Waals surface area (Å²) in [6.45, 7) is 2.11. The highest BCUT2D eigenvalue weighted by Crippen LogP contribution is 2.29. The van der Waals surface area contributed by atoms with Crippen LogP contribution < -0.4 is 0 Å². The van der Waals surface area contributed by atoms with Crippen molar-refractivity contribution in [2.75, 3.05) is 7.11 Å². The first kappa shape index (κ1) is 33.3. The van der Waals surface area contributed by atoms with E-state index in [0.29, 0.717) is 44.9 Å². The van der Waals surface area contributed by atoms with E-state index < -0.39 is 24.1 Å². The zero-order valence-corrected chi connectivity index (χ0v) is 22.0. The van der Waals surface area contributed by atoms with Gasteiger partial charge in [0.25, 0.3) is 0 Å². The van der Waals surface area contributed by atoms with Crippen molar-refractivity contribution < 1.29 is 39.5 Å². The molecule has 0 spiro atoms. The van der Waals surface area contributed by atoms with Gasteiger partial charge in [-0.1, -0.05) is 51.9 Å². The van der Waals surface area contributed by atoms with Gasteiger partial charge in [-0.25, -0.2) is 0 Å². The Kier molecular flexibility index (Phi) is 20.6. The van der Waals surface area contributed by atoms with E-state index in [1.165, 1.54) is 7.11 Å². The Bertz CT molecular complexity index is 565. The van der Waals surface area contributed by atoms with Crippen LogP contribution in [-0.2, 0) is 19.1 Å². The summed E-state index contributed by atoms with van der Waals surface area (Å²) in [4.78, 5) is 33.0. The van der Waals surface area contributed by atoms with Gasteiger partial charge in [-0.3, -0.25) is 14.4 Å². The van der Waals surface area contributed by atoms with Crippen LogP contribution in [0.2, 0.25) is 0 Å². The van der Waals surface area contributed by atoms with Crippen LogP contribution in [0.4, 0.5) is 0 Å². The maximum Gasteiger partial charge on any atom is 0.305 e. The summed E-state index contributed by atoms with van der Waals surface area (Å²) in [5.74, 6) is -2.09. The van der Waals surface area contributed by atoms with Gasteiger partial charge in [0.15, 0.2) is 0 Å². The second-order valence-electron chi connectivity index (χ2n) is 9.84. The Morgan fingerprint density at radius 2 is 1.14 bits per heavy atom. The van der Waals surface area contributed by atoms with Gasteiger partial charge < -0.3 is 25.2 Å². The third-order valence-electron chi connectivity index (χ3n) is 6.85. The van der Waals surface area contributed by atoms with E-state index >= 15 is 0 Å². The SMILES string of the molecule is CCCCCC(CCCC(=O)O)C(O)CC(CCCC(=O)O)C(O)CCCCCCCC(=O)OC. The molecule has 0 aliphatic heterocycles. The van der Waals surface area contributed by atoms with Crippen molar-refractivity contribution in [3.63, 3.8) is 0 Å². The fraction of sp³-hybridized carbons (Fsp3) is 0.889. The van der Waals surface area contributed by atoms with Crippen molar-refractivity contribution in [3.05, 3.63) is 0 Å². The minimum Gasteiger partial charge on any atom is -0.481 e. The van der Waals surface area contributed by atoms with Crippen molar-refractivity contribution in [2.24, 2.45) is 11.8 Å². The molecule has 0 amide bonds. The molecule has 0 radical (unpaired) electrons. The van der Waals surface area contributed by atoms with Gasteiger partial charge in [0.05, 0.1) is 19.3 Å². The van der Waals surface area contributed by atoms with E-state index in [-0.39, 0.29) is 30.6 Å². The van der Waals surface area contributed by atoms with E-state index in [9.17, 15) is 24.6 Å². The van der Waals surface area contributed by atoms with Crippen molar-refractivity contribution >= 4 is 17.9 Å². The van der Waals surface area contributed by atoms with E-state index in [2.05, 4.69) is 11.7 Å². The number of aliphatic hydroxyl groups is 2. The number of carboxylic acid groups (broad SMARTS) is 2. The third-order valence-corrected chi connectivity index (χ3v) is 6.85. The van der Waals surface area contributed by atoms with Crippen molar-refractivity contribution in [1.29, 1.82) is 0 Å². The summed E-state index contributed by atoms with van der Waals surface area (Å²) in [6, 6.07) is 0. The lowest BCUT2D eigenvalue weighted by atomic mass is 9.81. The third kappa shape index (κ3) is 19.2. The smallest absolute Gasteiger partial charge is 0.305 e. The van der Waals surface area contributed by atoms with Gasteiger partial charge in [0.1, 0.15) is 0 Å². The normalized spacial score (nSPS) is 14.7. The Hall–Kier alpha value is -1.67. The number of aliphatic carboxylic acids is 2. The molecular weight excluding hydrogens is 452 g/mol. The van der Waals surface area contributed by atoms with Crippen LogP contribution in [0.3, 0.4) is 0 Å². The fourth-order valence-electron chi connectivity index (χ4n) is 4.68. The Labute approximate surface area is 211 Å². The lowest BCUT2D eigenvalue weighted by Crippen LogP contribution is -2.30. The highest BCUT2D eigenvalue weighted by atomic mass is 16.5. The van der Waals surface area contributed by atoms with Crippen molar-refractivity contribution in [1.82, 2.24) is 0 Å². The highest BCUT2D eigenvalue weighted by Gasteiger charge is 2.27. The molecule has 0 bridgehead atoms. The van der Waals surface area contributed by atoms with E-state index in [0.717, 1.165) is 57.8 Å². The van der Waals surface area contributed by atoms with Crippen LogP contribution in [0.5, 0.6) is 0 Å². The average molecular weight is 503 g/mol. The van der Waals surface area contributed by atoms with E-state index in [1.54, 1.807) is 0 Å². The molecule has 35 heavy (non-hydrogen) atoms. The van der Waals surface area contributed by atoms with Crippen LogP contribution in [-0.4, -0.2) is 57.7 Å². The first-order valence-electron chi connectivity index (χ1n) is 13.6. The van der Waals surface area contributed by atoms with Crippen LogP contribution in [0.15, 0.2) is 0 Å². The number of unbranched alkanes of at least 4 members (excludes halogenated alkanes) is 6. The summed E-state index contributed by atoms with van der Waals surface area (Å²) in [6.07, 6.45) is 10.9. The maximum absolute atomic E-state index is 11.2. The molecule has 0 fully saturated rings. The summed E-state index contributed by atoms with van der Waals surface area (Å²) in [5.41, 5.74) is 0. The molecular formula is C27H50O8. The molecule has 0 heterocycles. The van der Waals surface area contributed by atoms with E-state index in [1.807, 2.05) is 0 Å². The van der Waals surface area contributed by atoms with E-state index in [4.69, 9.17) is 10.2 Å². The minimum atomic E-state index is -0.864. The zero-order chi connectivity index (χ0) is 26.5. The molecule has 0 aliphatic rings. The summed E-state index contributed by atoms with van der Waals surface area (Å²) >= 11 is 0. The predicted molar refractivity (Wildman–Crippen MR) is 135 cm³/mol. The Morgan fingerprint density at radius 3 is 1.71 bits per heavy atom. The molecule has 8 heteroatoms. The van der Waals surface area contributed by atoms with Gasteiger partial charge in [-0.2, -0.15) is 0 Å². The molecule has 0 aromatic rings. The molecule has 0 aromatic heterocycles. The van der Waals surface area contributed by atoms with Crippen molar-refractivity contribution in [2.45, 2.75) is 135 Å². The molecule has 0 saturated carbocycles. The number of carbonyl (C=O) groups is 3. The molecule has 0 aliphatic carbocycles. The standard InChI is InChI=1S/C27H50O8/c1-3-4-8-13-21(14-11-17-25(30)31)24(29)20-22(15-12-18-26(32)33)23(28)16-9-6-5-7-10-19-27(34)35-2/h21-24,28-29H,3-20H2,1-2H3,(H,30,31)(H,32,33). The van der Waals surface area contributed by atoms with Gasteiger partial charge in [0.2, 0.25) is 0 Å². The summed E-state index contributed by atoms with van der Waals surface area (Å²) in [7, 11) is 1.39. The molecule has 4 atom stereocenters. The summed E-state index contributed by atoms with van der Waals surface area (Å²) < 4.78 is 4.64. The molecule has 0 aromatic carbocycles. The van der Waals surface area contributed by atoms with Crippen LogP contribution in [0.1, 0.15) is 122 Å². The first-order valence-corrected chi connectivity index (χ1v) is 13.6. The maximum atomic E-state index is 11.2. The Balaban J connectivity index is 4.78. The molecule has 4 unspecified atom stereocenters. The number of carboxylic acids is 2. The number of esters is 1. The Morgan fingerprint density at radius 1 is 0.629 bits per heavy atom. The molecule has 8 nitrogen and oxygen atoms in total. The number of rotatable bonds is 24. The first-order chi connectivity index (χ1) is 16.7. The average Bonchev–Trinajstić information content (AvgIpc) is 2.80. The lowest BCUT2D eigenvalue weighted by Gasteiger charge is -2.30. The number of methoxy groups -OCH3 is 1. The zero-order valence-electron chi connectivity index (χ0n) is 22.0. The highest BCUT2D eigenvalue weighted by molar-refractivity contribution is 5.69. The van der Waals surface area contributed by atoms with Gasteiger partial charge in [-0.15, -0.1) is 0 Å². The second kappa shape index (κ2) is 21.6. The van der Waals surface area contributed by atoms with Gasteiger partial charge >= 0.3 is 17.9 Å². The van der Waals surface area contributed by atoms with Crippen LogP contribution in [0.25, 0.3) is 0 Å². The van der Waals surface area contributed by atoms with Crippen LogP contribution >= 0.6 is 0 Å². The van der Waals surface area contributed by atoms with Gasteiger partial charge in [0, 0.05) is 19.3 Å². The fourth-order valence-corrected chi connectivity index (χ4v) is 4.68. The number of ether oxygens (including phenoxy) is 1. The number of hydrogen-bond acceptors (Lipinski definition) is 6. The quantitative estimate of drug-likeness (QED) is 0.103. The summed E-state index contributed by atoms with van der Waals surface area (Å²) in [5, 5.41) is 39.9. The minimum absolute atomic E-state index is 0.00937. The topological polar surface area (TPSA) is 141 Å². The molecule has 4 N–H and O–H groups in total. The van der Waals surface area contributed by atoms with Crippen LogP contribution in [0, 0.1) is 11.8 Å². The van der Waals surface area contributed by atoms with Crippen molar-refractivity contribution in [3.8, 4) is 0 Å². The van der Waals surface area contributed by atoms with Gasteiger partial charge in [-0.05, 0) is 63.2 Å². The lowest BCUT2D eigenvalue weighted by molar-refractivity contribution is -0.141. The predicted octanol–water partition coefficient (Wildman–Crippen LogP) is 5.32. The number of carbonyl (C=O) groups excluding carboxylic acids is 1. The largest absolute Gasteiger partial charge is 0.481 e. The second-order valence-corrected chi connectivity index (χ2v) is 9.84.